The summed E-state index contributed by atoms with van der Waals surface area (Å²) in [6.07, 6.45) is 0. The number of benzene rings is 8. The standard InChI is InChI=1S/C51H30N4OS/c1-2-12-31(13-3-1)32-24-26-44-41(29-32)36-16-4-7-21-43(36)55(44)35-15-10-14-33(28-35)49-52-50(34-25-27-47-42(30-34)38-18-6-9-23-46(38)57-47)54-51(53-49)40-20-11-19-39-37-17-5-8-22-45(37)56-48(39)40/h1-30H. The Balaban J connectivity index is 1.07. The molecule has 0 aliphatic heterocycles. The molecule has 0 saturated carbocycles. The van der Waals surface area contributed by atoms with Gasteiger partial charge in [-0.3, -0.25) is 0 Å². The third-order valence-corrected chi connectivity index (χ3v) is 12.2. The second-order valence-electron chi connectivity index (χ2n) is 14.4. The highest BCUT2D eigenvalue weighted by Crippen LogP contribution is 2.39. The smallest absolute Gasteiger partial charge is 0.167 e. The maximum Gasteiger partial charge on any atom is 0.167 e. The van der Waals surface area contributed by atoms with Crippen LogP contribution in [-0.4, -0.2) is 19.5 Å². The second-order valence-corrected chi connectivity index (χ2v) is 15.5. The van der Waals surface area contributed by atoms with E-state index in [4.69, 9.17) is 19.4 Å². The summed E-state index contributed by atoms with van der Waals surface area (Å²) in [5.41, 5.74) is 9.93. The van der Waals surface area contributed by atoms with E-state index in [2.05, 4.69) is 162 Å². The number of para-hydroxylation sites is 3. The van der Waals surface area contributed by atoms with E-state index < -0.39 is 0 Å². The van der Waals surface area contributed by atoms with Gasteiger partial charge in [0.15, 0.2) is 17.5 Å². The lowest BCUT2D eigenvalue weighted by molar-refractivity contribution is 0.669. The van der Waals surface area contributed by atoms with Gasteiger partial charge in [0.25, 0.3) is 0 Å². The van der Waals surface area contributed by atoms with Gasteiger partial charge in [0, 0.05) is 58.5 Å². The fourth-order valence-electron chi connectivity index (χ4n) is 8.39. The predicted octanol–water partition coefficient (Wildman–Crippen LogP) is 13.9. The van der Waals surface area contributed by atoms with Crippen LogP contribution in [0.3, 0.4) is 0 Å². The van der Waals surface area contributed by atoms with Gasteiger partial charge in [-0.1, -0.05) is 115 Å². The molecule has 5 nitrogen and oxygen atoms in total. The van der Waals surface area contributed by atoms with E-state index in [1.807, 2.05) is 24.3 Å². The van der Waals surface area contributed by atoms with Crippen LogP contribution in [0.5, 0.6) is 0 Å². The van der Waals surface area contributed by atoms with Gasteiger partial charge in [-0.05, 0) is 77.9 Å². The Hall–Kier alpha value is -7.41. The molecule has 0 aliphatic rings. The molecule has 0 atom stereocenters. The number of hydrogen-bond donors (Lipinski definition) is 0. The zero-order valence-corrected chi connectivity index (χ0v) is 31.2. The van der Waals surface area contributed by atoms with E-state index in [0.717, 1.165) is 55.3 Å². The molecule has 266 valence electrons. The van der Waals surface area contributed by atoms with Crippen molar-refractivity contribution in [2.45, 2.75) is 0 Å². The maximum atomic E-state index is 6.51. The molecule has 0 unspecified atom stereocenters. The van der Waals surface area contributed by atoms with Gasteiger partial charge in [0.1, 0.15) is 11.2 Å². The lowest BCUT2D eigenvalue weighted by Crippen LogP contribution is -2.01. The molecule has 8 aromatic carbocycles. The van der Waals surface area contributed by atoms with E-state index in [-0.39, 0.29) is 0 Å². The van der Waals surface area contributed by atoms with Crippen LogP contribution in [0.25, 0.3) is 115 Å². The first-order chi connectivity index (χ1) is 28.2. The maximum absolute atomic E-state index is 6.51. The monoisotopic (exact) mass is 746 g/mol. The zero-order chi connectivity index (χ0) is 37.5. The Morgan fingerprint density at radius 3 is 1.91 bits per heavy atom. The third kappa shape index (κ3) is 5.12. The number of fused-ring (bicyclic) bond motifs is 9. The lowest BCUT2D eigenvalue weighted by atomic mass is 10.0. The highest BCUT2D eigenvalue weighted by atomic mass is 32.1. The number of thiophene rings is 1. The first kappa shape index (κ1) is 31.9. The molecule has 4 aromatic heterocycles. The van der Waals surface area contributed by atoms with Crippen LogP contribution in [0.1, 0.15) is 0 Å². The van der Waals surface area contributed by atoms with E-state index in [0.29, 0.717) is 17.5 Å². The van der Waals surface area contributed by atoms with Crippen LogP contribution in [-0.2, 0) is 0 Å². The molecule has 12 aromatic rings. The number of furan rings is 1. The Morgan fingerprint density at radius 2 is 1.02 bits per heavy atom. The van der Waals surface area contributed by atoms with E-state index >= 15 is 0 Å². The zero-order valence-electron chi connectivity index (χ0n) is 30.4. The first-order valence-electron chi connectivity index (χ1n) is 19.0. The minimum absolute atomic E-state index is 0.561. The molecular formula is C51H30N4OS. The Bertz CT molecular complexity index is 3540. The van der Waals surface area contributed by atoms with Crippen molar-refractivity contribution in [3.05, 3.63) is 182 Å². The summed E-state index contributed by atoms with van der Waals surface area (Å²) in [7, 11) is 0. The van der Waals surface area contributed by atoms with Gasteiger partial charge in [0.05, 0.1) is 16.6 Å². The Labute approximate surface area is 330 Å². The van der Waals surface area contributed by atoms with E-state index in [1.54, 1.807) is 11.3 Å². The van der Waals surface area contributed by atoms with Gasteiger partial charge < -0.3 is 8.98 Å². The topological polar surface area (TPSA) is 56.7 Å². The number of nitrogens with zero attached hydrogens (tertiary/aromatic N) is 4. The molecule has 0 saturated heterocycles. The summed E-state index contributed by atoms with van der Waals surface area (Å²) < 4.78 is 11.3. The van der Waals surface area contributed by atoms with Crippen molar-refractivity contribution >= 4 is 75.3 Å². The molecule has 0 aliphatic carbocycles. The van der Waals surface area contributed by atoms with Crippen LogP contribution in [0, 0.1) is 0 Å². The summed E-state index contributed by atoms with van der Waals surface area (Å²) in [6.45, 7) is 0. The van der Waals surface area contributed by atoms with E-state index in [1.165, 1.54) is 42.1 Å². The molecule has 57 heavy (non-hydrogen) atoms. The molecule has 6 heteroatoms. The van der Waals surface area contributed by atoms with Crippen LogP contribution < -0.4 is 0 Å². The lowest BCUT2D eigenvalue weighted by Gasteiger charge is -2.12. The van der Waals surface area contributed by atoms with E-state index in [9.17, 15) is 0 Å². The summed E-state index contributed by atoms with van der Waals surface area (Å²) in [6, 6.07) is 63.9. The van der Waals surface area contributed by atoms with Gasteiger partial charge in [0.2, 0.25) is 0 Å². The van der Waals surface area contributed by atoms with Crippen LogP contribution >= 0.6 is 11.3 Å². The minimum atomic E-state index is 0.561. The predicted molar refractivity (Wildman–Crippen MR) is 236 cm³/mol. The van der Waals surface area contributed by atoms with Gasteiger partial charge >= 0.3 is 0 Å². The number of rotatable bonds is 5. The van der Waals surface area contributed by atoms with Crippen molar-refractivity contribution in [1.29, 1.82) is 0 Å². The average molecular weight is 747 g/mol. The molecule has 0 radical (unpaired) electrons. The van der Waals surface area contributed by atoms with Crippen molar-refractivity contribution in [3.8, 4) is 51.0 Å². The minimum Gasteiger partial charge on any atom is -0.455 e. The van der Waals surface area contributed by atoms with Gasteiger partial charge in [-0.15, -0.1) is 11.3 Å². The largest absolute Gasteiger partial charge is 0.455 e. The van der Waals surface area contributed by atoms with Crippen molar-refractivity contribution in [1.82, 2.24) is 19.5 Å². The molecule has 0 amide bonds. The van der Waals surface area contributed by atoms with Crippen LogP contribution in [0.15, 0.2) is 186 Å². The Morgan fingerprint density at radius 1 is 0.386 bits per heavy atom. The average Bonchev–Trinajstić information content (AvgIpc) is 3.96. The number of aromatic nitrogens is 4. The van der Waals surface area contributed by atoms with Crippen LogP contribution in [0.2, 0.25) is 0 Å². The molecule has 4 heterocycles. The third-order valence-electron chi connectivity index (χ3n) is 11.1. The quantitative estimate of drug-likeness (QED) is 0.176. The van der Waals surface area contributed by atoms with Crippen molar-refractivity contribution < 1.29 is 4.42 Å². The van der Waals surface area contributed by atoms with Crippen LogP contribution in [0.4, 0.5) is 0 Å². The van der Waals surface area contributed by atoms with Crippen molar-refractivity contribution in [2.75, 3.05) is 0 Å². The second kappa shape index (κ2) is 12.6. The van der Waals surface area contributed by atoms with Crippen molar-refractivity contribution in [2.24, 2.45) is 0 Å². The molecule has 0 bridgehead atoms. The molecule has 0 N–H and O–H groups in total. The fraction of sp³-hybridized carbons (Fsp3) is 0. The highest BCUT2D eigenvalue weighted by molar-refractivity contribution is 7.25. The summed E-state index contributed by atoms with van der Waals surface area (Å²) in [5.74, 6) is 1.76. The fourth-order valence-corrected chi connectivity index (χ4v) is 9.47. The van der Waals surface area contributed by atoms with Gasteiger partial charge in [-0.2, -0.15) is 0 Å². The van der Waals surface area contributed by atoms with Gasteiger partial charge in [-0.25, -0.2) is 15.0 Å². The molecule has 12 rings (SSSR count). The number of hydrogen-bond acceptors (Lipinski definition) is 5. The summed E-state index contributed by atoms with van der Waals surface area (Å²) >= 11 is 1.80. The normalized spacial score (nSPS) is 11.9. The highest BCUT2D eigenvalue weighted by Gasteiger charge is 2.20. The van der Waals surface area contributed by atoms with Crippen molar-refractivity contribution in [3.63, 3.8) is 0 Å². The summed E-state index contributed by atoms with van der Waals surface area (Å²) in [4.78, 5) is 15.6. The molecule has 0 fully saturated rings. The first-order valence-corrected chi connectivity index (χ1v) is 19.8. The summed E-state index contributed by atoms with van der Waals surface area (Å²) in [5, 5.41) is 6.93. The molecule has 0 spiro atoms. The Kier molecular flexibility index (Phi) is 7.03. The SMILES string of the molecule is c1ccc(-c2ccc3c(c2)c2ccccc2n3-c2cccc(-c3nc(-c4ccc5sc6ccccc6c5c4)nc(-c4cccc5c4oc4ccccc45)n3)c2)cc1. The molecular weight excluding hydrogens is 717 g/mol.